The third kappa shape index (κ3) is 8.83. The molecule has 0 atom stereocenters. The third-order valence-electron chi connectivity index (χ3n) is 12.9. The van der Waals surface area contributed by atoms with Crippen LogP contribution in [0.1, 0.15) is 84.6 Å². The van der Waals surface area contributed by atoms with Crippen LogP contribution < -0.4 is 14.5 Å². The minimum atomic E-state index is -0.0507. The van der Waals surface area contributed by atoms with Crippen LogP contribution in [0.2, 0.25) is 0 Å². The number of fused-ring (bicyclic) bond motifs is 4. The monoisotopic (exact) mass is 1060 g/mol. The van der Waals surface area contributed by atoms with Crippen molar-refractivity contribution in [2.24, 2.45) is 0 Å². The normalized spacial score (nSPS) is 13.0. The molecule has 0 bridgehead atoms. The summed E-state index contributed by atoms with van der Waals surface area (Å²) in [6.45, 7) is 24.8. The van der Waals surface area contributed by atoms with Crippen molar-refractivity contribution in [2.75, 3.05) is 9.80 Å². The molecule has 0 spiro atoms. The number of rotatable bonds is 7. The first kappa shape index (κ1) is 45.7. The van der Waals surface area contributed by atoms with E-state index in [4.69, 9.17) is 9.72 Å². The van der Waals surface area contributed by atoms with E-state index in [1.807, 2.05) is 24.4 Å². The van der Waals surface area contributed by atoms with Crippen molar-refractivity contribution >= 4 is 44.6 Å². The van der Waals surface area contributed by atoms with Gasteiger partial charge in [0.1, 0.15) is 5.82 Å². The predicted octanol–water partition coefficient (Wildman–Crippen LogP) is 16.5. The number of nitrogens with zero attached hydrogens (tertiary/aromatic N) is 4. The Morgan fingerprint density at radius 3 is 1.94 bits per heavy atom. The van der Waals surface area contributed by atoms with Crippen molar-refractivity contribution in [3.05, 3.63) is 199 Å². The van der Waals surface area contributed by atoms with E-state index in [1.54, 1.807) is 0 Å². The molecule has 6 heteroatoms. The molecule has 0 amide bonds. The molecular weight excluding hydrogens is 1000 g/mol. The van der Waals surface area contributed by atoms with Gasteiger partial charge in [-0.2, -0.15) is 12.1 Å². The van der Waals surface area contributed by atoms with Crippen molar-refractivity contribution in [3.8, 4) is 39.6 Å². The molecule has 10 rings (SSSR count). The van der Waals surface area contributed by atoms with Crippen LogP contribution >= 0.6 is 0 Å². The van der Waals surface area contributed by atoms with E-state index in [-0.39, 0.29) is 37.3 Å². The maximum Gasteiger partial charge on any atom is 0.135 e. The molecule has 67 heavy (non-hydrogen) atoms. The smallest absolute Gasteiger partial charge is 0.135 e. The summed E-state index contributed by atoms with van der Waals surface area (Å²) in [6.07, 6.45) is 2.01. The van der Waals surface area contributed by atoms with E-state index in [9.17, 15) is 0 Å². The van der Waals surface area contributed by atoms with Crippen LogP contribution in [-0.2, 0) is 37.3 Å². The number of aryl methyl sites for hydroxylation is 1. The Labute approximate surface area is 411 Å². The van der Waals surface area contributed by atoms with Crippen molar-refractivity contribution in [3.63, 3.8) is 0 Å². The Bertz CT molecular complexity index is 3290. The summed E-state index contributed by atoms with van der Waals surface area (Å²) in [4.78, 5) is 9.66. The van der Waals surface area contributed by atoms with Gasteiger partial charge in [-0.15, -0.1) is 48.1 Å². The van der Waals surface area contributed by atoms with Gasteiger partial charge < -0.3 is 19.1 Å². The summed E-state index contributed by atoms with van der Waals surface area (Å²) < 4.78 is 8.91. The molecule has 7 aromatic carbocycles. The van der Waals surface area contributed by atoms with Crippen molar-refractivity contribution in [1.29, 1.82) is 0 Å². The molecule has 0 radical (unpaired) electrons. The molecule has 0 saturated carbocycles. The zero-order chi connectivity index (χ0) is 46.1. The van der Waals surface area contributed by atoms with Gasteiger partial charge in [-0.05, 0) is 104 Å². The van der Waals surface area contributed by atoms with Gasteiger partial charge in [0.25, 0.3) is 0 Å². The standard InChI is InChI=1S/C61H57N4O.Pt/c1-40-30-58(62-38-53(40)42-20-16-21-44(31-42)59(2,3)4)65-54-25-15-14-24-51(54)52-28-27-50(37-56(52)65)66-49-23-17-22-47(36-49)63-39-64(55-29-26-45(35-57(55)63)60(5,6)7)48-33-43(41-18-12-11-13-19-41)32-46(34-48)61(8,9)10;/h11-35,38-39H,1-10H3;/q-3;. The van der Waals surface area contributed by atoms with Crippen LogP contribution in [0.4, 0.5) is 22.7 Å². The van der Waals surface area contributed by atoms with Crippen molar-refractivity contribution < 1.29 is 25.8 Å². The van der Waals surface area contributed by atoms with E-state index in [0.717, 1.165) is 61.5 Å². The molecule has 1 aliphatic rings. The molecule has 3 heterocycles. The summed E-state index contributed by atoms with van der Waals surface area (Å²) in [6, 6.07) is 61.5. The largest absolute Gasteiger partial charge is 0.509 e. The molecule has 0 fully saturated rings. The summed E-state index contributed by atoms with van der Waals surface area (Å²) >= 11 is 0. The van der Waals surface area contributed by atoms with E-state index >= 15 is 0 Å². The van der Waals surface area contributed by atoms with Gasteiger partial charge in [0.15, 0.2) is 0 Å². The second-order valence-electron chi connectivity index (χ2n) is 20.8. The summed E-state index contributed by atoms with van der Waals surface area (Å²) in [5.74, 6) is 2.04. The zero-order valence-electron chi connectivity index (χ0n) is 40.1. The van der Waals surface area contributed by atoms with Gasteiger partial charge in [-0.3, -0.25) is 0 Å². The van der Waals surface area contributed by atoms with Crippen LogP contribution in [-0.4, -0.2) is 9.55 Å². The Morgan fingerprint density at radius 1 is 0.522 bits per heavy atom. The molecular formula is C61H57N4OPt-3. The first-order chi connectivity index (χ1) is 31.5. The fourth-order valence-corrected chi connectivity index (χ4v) is 9.05. The van der Waals surface area contributed by atoms with Crippen LogP contribution in [0.15, 0.2) is 158 Å². The zero-order valence-corrected chi connectivity index (χ0v) is 42.4. The number of pyridine rings is 1. The maximum absolute atomic E-state index is 6.71. The third-order valence-corrected chi connectivity index (χ3v) is 12.9. The second-order valence-corrected chi connectivity index (χ2v) is 20.8. The average molecular weight is 1060 g/mol. The van der Waals surface area contributed by atoms with Crippen molar-refractivity contribution in [1.82, 2.24) is 9.55 Å². The van der Waals surface area contributed by atoms with Crippen LogP contribution in [0.5, 0.6) is 11.5 Å². The van der Waals surface area contributed by atoms with E-state index in [1.165, 1.54) is 33.4 Å². The molecule has 9 aromatic rings. The second kappa shape index (κ2) is 17.3. The van der Waals surface area contributed by atoms with Gasteiger partial charge in [-0.25, -0.2) is 4.98 Å². The maximum atomic E-state index is 6.71. The number of aromatic nitrogens is 2. The molecule has 2 aromatic heterocycles. The van der Waals surface area contributed by atoms with E-state index in [2.05, 4.69) is 236 Å². The molecule has 5 nitrogen and oxygen atoms in total. The summed E-state index contributed by atoms with van der Waals surface area (Å²) in [7, 11) is 0. The first-order valence-corrected chi connectivity index (χ1v) is 23.0. The number of anilines is 4. The molecule has 0 unspecified atom stereocenters. The SMILES string of the molecule is Cc1cc(-n2c3[c-]c(Oc4[c-]c(N5[CH-]N(c6cc(-c7ccccc7)cc(C(C)(C)C)c6)c6ccc(C(C)(C)C)cc65)ccc4)ccc3c3ccccc32)ncc1-c1cccc(C(C)(C)C)c1.[Pt]. The van der Waals surface area contributed by atoms with Gasteiger partial charge in [0.05, 0.1) is 0 Å². The fourth-order valence-electron chi connectivity index (χ4n) is 9.05. The number of hydrogen-bond donors (Lipinski definition) is 0. The quantitative estimate of drug-likeness (QED) is 0.149. The van der Waals surface area contributed by atoms with Gasteiger partial charge >= 0.3 is 0 Å². The summed E-state index contributed by atoms with van der Waals surface area (Å²) in [5.41, 5.74) is 15.8. The van der Waals surface area contributed by atoms with Gasteiger partial charge in [0.2, 0.25) is 0 Å². The van der Waals surface area contributed by atoms with Crippen molar-refractivity contribution in [2.45, 2.75) is 85.5 Å². The van der Waals surface area contributed by atoms with E-state index in [0.29, 0.717) is 11.5 Å². The Kier molecular flexibility index (Phi) is 11.8. The molecule has 0 aliphatic carbocycles. The average Bonchev–Trinajstić information content (AvgIpc) is 3.84. The van der Waals surface area contributed by atoms with Crippen LogP contribution in [0.25, 0.3) is 49.9 Å². The number of hydrogen-bond acceptors (Lipinski definition) is 4. The van der Waals surface area contributed by atoms with Gasteiger partial charge in [-0.1, -0.05) is 153 Å². The van der Waals surface area contributed by atoms with E-state index < -0.39 is 0 Å². The molecule has 0 N–H and O–H groups in total. The summed E-state index contributed by atoms with van der Waals surface area (Å²) in [5, 5.41) is 2.22. The number of benzene rings is 7. The minimum Gasteiger partial charge on any atom is -0.509 e. The Hall–Kier alpha value is -6.42. The molecule has 340 valence electrons. The number of para-hydroxylation sites is 1. The topological polar surface area (TPSA) is 33.5 Å². The Morgan fingerprint density at radius 2 is 1.19 bits per heavy atom. The fraction of sp³-hybridized carbons (Fsp3) is 0.213. The van der Waals surface area contributed by atoms with Gasteiger partial charge in [0, 0.05) is 66.9 Å². The van der Waals surface area contributed by atoms with Crippen LogP contribution in [0, 0.1) is 25.7 Å². The van der Waals surface area contributed by atoms with Crippen LogP contribution in [0.3, 0.4) is 0 Å². The number of ether oxygens (including phenoxy) is 1. The molecule has 1 aliphatic heterocycles. The minimum absolute atomic E-state index is 0. The predicted molar refractivity (Wildman–Crippen MR) is 276 cm³/mol. The first-order valence-electron chi connectivity index (χ1n) is 23.0. The molecule has 0 saturated heterocycles. The Balaban J connectivity index is 0.00000562.